The summed E-state index contributed by atoms with van der Waals surface area (Å²) in [5, 5.41) is 3.23. The Bertz CT molecular complexity index is 547. The van der Waals surface area contributed by atoms with Crippen LogP contribution in [0.4, 0.5) is 0 Å². The molecule has 19 heavy (non-hydrogen) atoms. The van der Waals surface area contributed by atoms with Crippen LogP contribution in [0, 0.1) is 0 Å². The molecule has 0 aromatic carbocycles. The van der Waals surface area contributed by atoms with Gasteiger partial charge < -0.3 is 0 Å². The van der Waals surface area contributed by atoms with Crippen LogP contribution in [0.15, 0.2) is 48.5 Å². The third-order valence-electron chi connectivity index (χ3n) is 2.22. The summed E-state index contributed by atoms with van der Waals surface area (Å²) in [6, 6.07) is 1.92. The van der Waals surface area contributed by atoms with Gasteiger partial charge in [-0.2, -0.15) is 0 Å². The maximum atomic E-state index is 8.34. The van der Waals surface area contributed by atoms with Crippen LogP contribution in [-0.4, -0.2) is 9.91 Å². The van der Waals surface area contributed by atoms with Crippen LogP contribution in [0.25, 0.3) is 20.1 Å². The molecule has 0 fully saturated rings. The fraction of sp³-hybridized carbons (Fsp3) is 0.154. The molecule has 0 bridgehead atoms. The van der Waals surface area contributed by atoms with E-state index >= 15 is 0 Å². The number of hydrogen-bond acceptors (Lipinski definition) is 3. The van der Waals surface area contributed by atoms with E-state index in [-0.39, 0.29) is 0 Å². The molecule has 5 nitrogen and oxygen atoms in total. The van der Waals surface area contributed by atoms with Gasteiger partial charge in [0.1, 0.15) is 0 Å². The number of nitrogens with zero attached hydrogens (tertiary/aromatic N) is 4. The van der Waals surface area contributed by atoms with E-state index in [2.05, 4.69) is 21.8 Å². The molecule has 0 radical (unpaired) electrons. The second-order valence-electron chi connectivity index (χ2n) is 3.37. The summed E-state index contributed by atoms with van der Waals surface area (Å²) in [5.74, 6) is 0. The van der Waals surface area contributed by atoms with E-state index in [0.29, 0.717) is 0 Å². The van der Waals surface area contributed by atoms with Crippen molar-refractivity contribution < 1.29 is 3.17 Å². The van der Waals surface area contributed by atoms with Gasteiger partial charge in [-0.1, -0.05) is 0 Å². The molecule has 0 aliphatic heterocycles. The summed E-state index contributed by atoms with van der Waals surface area (Å²) in [5.41, 5.74) is 10.3. The van der Waals surface area contributed by atoms with Crippen LogP contribution in [0.2, 0.25) is 0 Å². The molecule has 0 aliphatic rings. The minimum atomic E-state index is -2.01. The summed E-state index contributed by atoms with van der Waals surface area (Å²) >= 11 is -2.01. The summed E-state index contributed by atoms with van der Waals surface area (Å²) in [7, 11) is 0. The molecule has 0 aliphatic carbocycles. The Morgan fingerprint density at radius 2 is 2.42 bits per heavy atom. The zero-order valence-electron chi connectivity index (χ0n) is 10.8. The van der Waals surface area contributed by atoms with Crippen molar-refractivity contribution in [2.24, 2.45) is 5.28 Å². The molecule has 0 unspecified atom stereocenters. The van der Waals surface area contributed by atoms with Crippen LogP contribution in [0.5, 0.6) is 0 Å². The molecule has 0 spiro atoms. The molecule has 0 saturated carbocycles. The van der Waals surface area contributed by atoms with Crippen molar-refractivity contribution in [3.63, 3.8) is 0 Å². The van der Waals surface area contributed by atoms with E-state index in [1.54, 1.807) is 18.5 Å². The first-order chi connectivity index (χ1) is 9.24. The van der Waals surface area contributed by atoms with Gasteiger partial charge in [-0.15, -0.1) is 0 Å². The number of rotatable bonds is 6. The molecular weight excluding hydrogens is 355 g/mol. The SMILES string of the molecule is C=Cc1cnccc1/C(=C\C=C/C)I(C)ON=[N+]=[N-]. The Kier molecular flexibility index (Phi) is 6.70. The second-order valence-corrected chi connectivity index (χ2v) is 7.32. The predicted octanol–water partition coefficient (Wildman–Crippen LogP) is 4.93. The summed E-state index contributed by atoms with van der Waals surface area (Å²) in [4.78, 5) is 8.69. The number of hydrogen-bond donors (Lipinski definition) is 0. The fourth-order valence-electron chi connectivity index (χ4n) is 1.39. The quantitative estimate of drug-likeness (QED) is 0.135. The third-order valence-corrected chi connectivity index (χ3v) is 5.57. The van der Waals surface area contributed by atoms with E-state index < -0.39 is 20.2 Å². The van der Waals surface area contributed by atoms with Crippen molar-refractivity contribution in [3.8, 4) is 0 Å². The number of allylic oxidation sites excluding steroid dienone is 3. The van der Waals surface area contributed by atoms with Gasteiger partial charge in [0.25, 0.3) is 0 Å². The zero-order valence-corrected chi connectivity index (χ0v) is 13.0. The molecule has 0 amide bonds. The molecule has 1 aromatic rings. The summed E-state index contributed by atoms with van der Waals surface area (Å²) < 4.78 is 6.26. The molecule has 0 N–H and O–H groups in total. The van der Waals surface area contributed by atoms with E-state index in [1.807, 2.05) is 36.1 Å². The van der Waals surface area contributed by atoms with E-state index in [1.165, 1.54) is 0 Å². The Morgan fingerprint density at radius 3 is 3.05 bits per heavy atom. The van der Waals surface area contributed by atoms with Gasteiger partial charge in [-0.25, -0.2) is 0 Å². The summed E-state index contributed by atoms with van der Waals surface area (Å²) in [6.07, 6.45) is 11.1. The van der Waals surface area contributed by atoms with Crippen LogP contribution in [0.1, 0.15) is 18.1 Å². The van der Waals surface area contributed by atoms with E-state index in [4.69, 9.17) is 8.70 Å². The topological polar surface area (TPSA) is 70.9 Å². The van der Waals surface area contributed by atoms with E-state index in [9.17, 15) is 0 Å². The standard InChI is InChI=1S/C13H15IN4O/c1-4-6-7-13(14(3)19-18-17-15)12-8-9-16-10-11(12)5-2/h4-10H,2H2,1,3H3/b6-4-,13-7+. The van der Waals surface area contributed by atoms with Crippen molar-refractivity contribution in [3.05, 3.63) is 64.8 Å². The maximum absolute atomic E-state index is 8.34. The number of alkyl halides is 1. The van der Waals surface area contributed by atoms with Crippen LogP contribution in [-0.2, 0) is 3.17 Å². The molecule has 0 atom stereocenters. The Hall–Kier alpha value is -1.79. The first kappa shape index (κ1) is 15.3. The van der Waals surface area contributed by atoms with Crippen molar-refractivity contribution in [1.82, 2.24) is 4.98 Å². The predicted molar refractivity (Wildman–Crippen MR) is 87.3 cm³/mol. The zero-order chi connectivity index (χ0) is 14.1. The van der Waals surface area contributed by atoms with Gasteiger partial charge in [0.15, 0.2) is 0 Å². The molecule has 0 saturated heterocycles. The number of aromatic nitrogens is 1. The first-order valence-electron chi connectivity index (χ1n) is 5.46. The van der Waals surface area contributed by atoms with Crippen LogP contribution < -0.4 is 0 Å². The third kappa shape index (κ3) is 4.42. The number of pyridine rings is 1. The first-order valence-corrected chi connectivity index (χ1v) is 9.58. The van der Waals surface area contributed by atoms with E-state index in [0.717, 1.165) is 14.7 Å². The van der Waals surface area contributed by atoms with Crippen LogP contribution >= 0.6 is 20.2 Å². The second kappa shape index (κ2) is 8.34. The molecule has 6 heteroatoms. The van der Waals surface area contributed by atoms with Crippen molar-refractivity contribution in [2.75, 3.05) is 4.93 Å². The molecule has 1 aromatic heterocycles. The van der Waals surface area contributed by atoms with Crippen molar-refractivity contribution >= 4 is 29.9 Å². The molecule has 1 heterocycles. The normalized spacial score (nSPS) is 11.9. The minimum absolute atomic E-state index is 0.937. The van der Waals surface area contributed by atoms with Crippen molar-refractivity contribution in [1.29, 1.82) is 0 Å². The number of azide groups is 1. The monoisotopic (exact) mass is 370 g/mol. The van der Waals surface area contributed by atoms with Crippen LogP contribution in [0.3, 0.4) is 0 Å². The molecule has 1 rings (SSSR count). The van der Waals surface area contributed by atoms with Gasteiger partial charge in [0, 0.05) is 0 Å². The van der Waals surface area contributed by atoms with Gasteiger partial charge in [-0.05, 0) is 0 Å². The van der Waals surface area contributed by atoms with Gasteiger partial charge in [-0.3, -0.25) is 0 Å². The molecule has 100 valence electrons. The average molecular weight is 370 g/mol. The Balaban J connectivity index is 3.23. The molecular formula is C13H15IN4O. The Labute approximate surface area is 120 Å². The Morgan fingerprint density at radius 1 is 1.63 bits per heavy atom. The number of halogens is 1. The van der Waals surface area contributed by atoms with Gasteiger partial charge in [0.05, 0.1) is 0 Å². The fourth-order valence-corrected chi connectivity index (χ4v) is 3.97. The van der Waals surface area contributed by atoms with Crippen molar-refractivity contribution in [2.45, 2.75) is 6.92 Å². The summed E-state index contributed by atoms with van der Waals surface area (Å²) in [6.45, 7) is 5.73. The van der Waals surface area contributed by atoms with Gasteiger partial charge in [0.2, 0.25) is 0 Å². The average Bonchev–Trinajstić information content (AvgIpc) is 2.45. The van der Waals surface area contributed by atoms with Gasteiger partial charge >= 0.3 is 120 Å².